The van der Waals surface area contributed by atoms with Crippen molar-refractivity contribution in [2.75, 3.05) is 0 Å². The third-order valence-electron chi connectivity index (χ3n) is 2.20. The van der Waals surface area contributed by atoms with Crippen molar-refractivity contribution < 1.29 is 0 Å². The van der Waals surface area contributed by atoms with Crippen LogP contribution in [0.5, 0.6) is 0 Å². The smallest absolute Gasteiger partial charge is 0.189 e. The van der Waals surface area contributed by atoms with E-state index in [9.17, 15) is 4.79 Å². The number of nitriles is 1. The Hall–Kier alpha value is -1.50. The number of H-pyrrole nitrogens is 1. The first-order valence-corrected chi connectivity index (χ1v) is 5.25. The van der Waals surface area contributed by atoms with Crippen molar-refractivity contribution in [2.24, 2.45) is 0 Å². The Morgan fingerprint density at radius 2 is 1.94 bits per heavy atom. The van der Waals surface area contributed by atoms with Crippen LogP contribution in [0.1, 0.15) is 5.69 Å². The highest BCUT2D eigenvalue weighted by atomic mass is 35.5. The van der Waals surface area contributed by atoms with Gasteiger partial charge < -0.3 is 4.98 Å². The molecular formula is C11H6Cl2N2O. The highest BCUT2D eigenvalue weighted by molar-refractivity contribution is 6.42. The Labute approximate surface area is 101 Å². The fourth-order valence-corrected chi connectivity index (χ4v) is 1.81. The van der Waals surface area contributed by atoms with Gasteiger partial charge in [-0.2, -0.15) is 5.26 Å². The molecule has 2 aromatic rings. The summed E-state index contributed by atoms with van der Waals surface area (Å²) < 4.78 is 0. The first kappa shape index (κ1) is 11.0. The molecule has 0 aliphatic carbocycles. The molecule has 0 radical (unpaired) electrons. The molecule has 80 valence electrons. The first-order valence-electron chi connectivity index (χ1n) is 4.49. The molecule has 0 bridgehead atoms. The minimum atomic E-state index is -0.169. The number of halogens is 2. The molecule has 1 aromatic heterocycles. The second kappa shape index (κ2) is 4.17. The summed E-state index contributed by atoms with van der Waals surface area (Å²) >= 11 is 11.7. The minimum absolute atomic E-state index is 0.158. The van der Waals surface area contributed by atoms with Gasteiger partial charge in [0.15, 0.2) is 5.43 Å². The molecule has 16 heavy (non-hydrogen) atoms. The van der Waals surface area contributed by atoms with Crippen molar-refractivity contribution >= 4 is 34.1 Å². The third kappa shape index (κ3) is 1.90. The molecule has 0 saturated heterocycles. The van der Waals surface area contributed by atoms with E-state index in [0.717, 1.165) is 0 Å². The molecule has 2 rings (SSSR count). The molecule has 0 fully saturated rings. The van der Waals surface area contributed by atoms with Crippen LogP contribution >= 0.6 is 23.2 Å². The molecule has 1 aromatic carbocycles. The number of benzene rings is 1. The van der Waals surface area contributed by atoms with E-state index in [1.165, 1.54) is 12.1 Å². The topological polar surface area (TPSA) is 56.6 Å². The van der Waals surface area contributed by atoms with Crippen molar-refractivity contribution in [1.82, 2.24) is 4.98 Å². The molecule has 0 aliphatic heterocycles. The van der Waals surface area contributed by atoms with Gasteiger partial charge in [-0.25, -0.2) is 0 Å². The summed E-state index contributed by atoms with van der Waals surface area (Å²) in [5.74, 6) is 0. The van der Waals surface area contributed by atoms with E-state index in [2.05, 4.69) is 4.98 Å². The highest BCUT2D eigenvalue weighted by Crippen LogP contribution is 2.25. The zero-order chi connectivity index (χ0) is 11.7. The molecule has 3 nitrogen and oxygen atoms in total. The van der Waals surface area contributed by atoms with Gasteiger partial charge in [-0.3, -0.25) is 4.79 Å². The van der Waals surface area contributed by atoms with E-state index < -0.39 is 0 Å². The van der Waals surface area contributed by atoms with E-state index in [1.54, 1.807) is 6.07 Å². The number of aromatic amines is 1. The monoisotopic (exact) mass is 252 g/mol. The average molecular weight is 253 g/mol. The summed E-state index contributed by atoms with van der Waals surface area (Å²) in [7, 11) is 0. The summed E-state index contributed by atoms with van der Waals surface area (Å²) in [5.41, 5.74) is 0.989. The van der Waals surface area contributed by atoms with Crippen LogP contribution in [0.2, 0.25) is 10.0 Å². The Morgan fingerprint density at radius 1 is 1.25 bits per heavy atom. The predicted octanol–water partition coefficient (Wildman–Crippen LogP) is 2.90. The number of aromatic nitrogens is 1. The van der Waals surface area contributed by atoms with Gasteiger partial charge >= 0.3 is 0 Å². The van der Waals surface area contributed by atoms with Crippen LogP contribution in [0.4, 0.5) is 0 Å². The number of nitrogens with zero attached hydrogens (tertiary/aromatic N) is 1. The molecule has 0 saturated carbocycles. The molecule has 0 amide bonds. The Bertz CT molecular complexity index is 655. The lowest BCUT2D eigenvalue weighted by atomic mass is 10.2. The largest absolute Gasteiger partial charge is 0.357 e. The fourth-order valence-electron chi connectivity index (χ4n) is 1.48. The number of hydrogen-bond acceptors (Lipinski definition) is 2. The van der Waals surface area contributed by atoms with Gasteiger partial charge in [-0.1, -0.05) is 23.2 Å². The molecule has 1 N–H and O–H groups in total. The zero-order valence-corrected chi connectivity index (χ0v) is 9.56. The lowest BCUT2D eigenvalue weighted by molar-refractivity contribution is 1.14. The van der Waals surface area contributed by atoms with Crippen molar-refractivity contribution in [1.29, 1.82) is 5.26 Å². The van der Waals surface area contributed by atoms with Crippen LogP contribution in [0, 0.1) is 11.3 Å². The number of rotatable bonds is 1. The van der Waals surface area contributed by atoms with E-state index in [1.807, 2.05) is 6.07 Å². The van der Waals surface area contributed by atoms with Gasteiger partial charge in [-0.15, -0.1) is 0 Å². The van der Waals surface area contributed by atoms with Gasteiger partial charge in [0, 0.05) is 17.1 Å². The summed E-state index contributed by atoms with van der Waals surface area (Å²) in [4.78, 5) is 14.7. The van der Waals surface area contributed by atoms with Crippen LogP contribution in [0.3, 0.4) is 0 Å². The number of fused-ring (bicyclic) bond motifs is 1. The summed E-state index contributed by atoms with van der Waals surface area (Å²) in [6.07, 6.45) is 0.158. The summed E-state index contributed by atoms with van der Waals surface area (Å²) in [6.45, 7) is 0. The van der Waals surface area contributed by atoms with Crippen molar-refractivity contribution in [3.05, 3.63) is 44.2 Å². The molecule has 0 atom stereocenters. The van der Waals surface area contributed by atoms with Crippen molar-refractivity contribution in [2.45, 2.75) is 6.42 Å². The quantitative estimate of drug-likeness (QED) is 0.849. The maximum Gasteiger partial charge on any atom is 0.189 e. The third-order valence-corrected chi connectivity index (χ3v) is 2.92. The second-order valence-corrected chi connectivity index (χ2v) is 4.12. The van der Waals surface area contributed by atoms with Crippen molar-refractivity contribution in [3.63, 3.8) is 0 Å². The normalized spacial score (nSPS) is 10.3. The van der Waals surface area contributed by atoms with Crippen LogP contribution in [0.15, 0.2) is 23.0 Å². The van der Waals surface area contributed by atoms with E-state index >= 15 is 0 Å². The first-order chi connectivity index (χ1) is 7.61. The molecule has 0 unspecified atom stereocenters. The van der Waals surface area contributed by atoms with E-state index in [4.69, 9.17) is 28.5 Å². The molecule has 1 heterocycles. The van der Waals surface area contributed by atoms with Crippen LogP contribution in [-0.2, 0) is 6.42 Å². The molecule has 0 aliphatic rings. The highest BCUT2D eigenvalue weighted by Gasteiger charge is 2.06. The second-order valence-electron chi connectivity index (χ2n) is 3.31. The number of nitrogens with one attached hydrogen (secondary N) is 1. The Kier molecular flexibility index (Phi) is 2.86. The Morgan fingerprint density at radius 3 is 2.62 bits per heavy atom. The summed E-state index contributed by atoms with van der Waals surface area (Å²) in [5, 5.41) is 9.75. The van der Waals surface area contributed by atoms with Gasteiger partial charge in [0.05, 0.1) is 28.1 Å². The lowest BCUT2D eigenvalue weighted by Crippen LogP contribution is -2.04. The van der Waals surface area contributed by atoms with Gasteiger partial charge in [0.25, 0.3) is 0 Å². The molecular weight excluding hydrogens is 247 g/mol. The van der Waals surface area contributed by atoms with Crippen LogP contribution in [0.25, 0.3) is 10.9 Å². The standard InChI is InChI=1S/C11H6Cl2N2O/c12-8-4-7-10(5-9(8)13)15-6(1-2-14)3-11(7)16/h3-5H,1H2,(H,15,16). The average Bonchev–Trinajstić information content (AvgIpc) is 2.22. The zero-order valence-electron chi connectivity index (χ0n) is 8.05. The number of hydrogen-bond donors (Lipinski definition) is 1. The molecule has 0 spiro atoms. The predicted molar refractivity (Wildman–Crippen MR) is 63.9 cm³/mol. The van der Waals surface area contributed by atoms with Crippen LogP contribution in [-0.4, -0.2) is 4.98 Å². The number of pyridine rings is 1. The maximum absolute atomic E-state index is 11.7. The van der Waals surface area contributed by atoms with Gasteiger partial charge in [0.2, 0.25) is 0 Å². The fraction of sp³-hybridized carbons (Fsp3) is 0.0909. The van der Waals surface area contributed by atoms with Gasteiger partial charge in [-0.05, 0) is 12.1 Å². The molecule has 5 heteroatoms. The van der Waals surface area contributed by atoms with E-state index in [0.29, 0.717) is 26.6 Å². The summed E-state index contributed by atoms with van der Waals surface area (Å²) in [6, 6.07) is 6.48. The Balaban J connectivity index is 2.78. The van der Waals surface area contributed by atoms with Gasteiger partial charge in [0.1, 0.15) is 0 Å². The lowest BCUT2D eigenvalue weighted by Gasteiger charge is -2.03. The van der Waals surface area contributed by atoms with Crippen molar-refractivity contribution in [3.8, 4) is 6.07 Å². The SMILES string of the molecule is N#CCc1cc(=O)c2cc(Cl)c(Cl)cc2[nH]1. The van der Waals surface area contributed by atoms with E-state index in [-0.39, 0.29) is 11.8 Å². The minimum Gasteiger partial charge on any atom is -0.357 e. The maximum atomic E-state index is 11.7. The van der Waals surface area contributed by atoms with Crippen LogP contribution < -0.4 is 5.43 Å².